The maximum absolute atomic E-state index is 12.1. The quantitative estimate of drug-likeness (QED) is 0.702. The van der Waals surface area contributed by atoms with Gasteiger partial charge in [-0.25, -0.2) is 4.79 Å². The Bertz CT molecular complexity index is 519. The number of halogens is 3. The average molecular weight is 304 g/mol. The molecule has 21 heavy (non-hydrogen) atoms. The molecule has 116 valence electrons. The van der Waals surface area contributed by atoms with Crippen molar-refractivity contribution in [1.82, 2.24) is 10.2 Å². The van der Waals surface area contributed by atoms with Crippen LogP contribution < -0.4 is 16.8 Å². The van der Waals surface area contributed by atoms with Crippen LogP contribution in [0.4, 0.5) is 23.7 Å². The van der Waals surface area contributed by atoms with E-state index in [0.717, 1.165) is 4.90 Å². The van der Waals surface area contributed by atoms with Crippen molar-refractivity contribution in [2.24, 2.45) is 5.73 Å². The molecule has 0 heterocycles. The molecule has 0 saturated heterocycles. The largest absolute Gasteiger partial charge is 0.405 e. The maximum atomic E-state index is 12.1. The van der Waals surface area contributed by atoms with Gasteiger partial charge in [0, 0.05) is 12.2 Å². The van der Waals surface area contributed by atoms with Gasteiger partial charge in [0.05, 0.1) is 0 Å². The number of urea groups is 1. The standard InChI is InChI=1S/C12H15F3N4O2/c13-12(14,15)7-18-11(21)19(6-10(17)20)5-8-2-1-3-9(16)4-8/h1-4H,5-7,16H2,(H2,17,20)(H,18,21). The van der Waals surface area contributed by atoms with Gasteiger partial charge in [0.1, 0.15) is 13.1 Å². The van der Waals surface area contributed by atoms with Gasteiger partial charge >= 0.3 is 12.2 Å². The monoisotopic (exact) mass is 304 g/mol. The number of alkyl halides is 3. The predicted octanol–water partition coefficient (Wildman–Crippen LogP) is 0.828. The van der Waals surface area contributed by atoms with Crippen LogP contribution in [0.1, 0.15) is 5.56 Å². The molecular formula is C12H15F3N4O2. The van der Waals surface area contributed by atoms with Gasteiger partial charge in [0.2, 0.25) is 5.91 Å². The summed E-state index contributed by atoms with van der Waals surface area (Å²) in [5.74, 6) is -0.832. The molecule has 6 nitrogen and oxygen atoms in total. The van der Waals surface area contributed by atoms with Crippen LogP contribution in [-0.2, 0) is 11.3 Å². The first-order chi connectivity index (χ1) is 9.67. The molecule has 0 atom stereocenters. The van der Waals surface area contributed by atoms with Crippen molar-refractivity contribution in [3.63, 3.8) is 0 Å². The number of hydrogen-bond acceptors (Lipinski definition) is 3. The molecule has 1 rings (SSSR count). The number of nitrogen functional groups attached to an aromatic ring is 1. The third-order valence-corrected chi connectivity index (χ3v) is 2.40. The van der Waals surface area contributed by atoms with E-state index in [-0.39, 0.29) is 6.54 Å². The van der Waals surface area contributed by atoms with Crippen LogP contribution in [0, 0.1) is 0 Å². The zero-order chi connectivity index (χ0) is 16.0. The van der Waals surface area contributed by atoms with E-state index in [1.807, 2.05) is 0 Å². The molecule has 0 aliphatic rings. The number of carbonyl (C=O) groups is 2. The van der Waals surface area contributed by atoms with Crippen molar-refractivity contribution in [2.45, 2.75) is 12.7 Å². The van der Waals surface area contributed by atoms with Gasteiger partial charge in [-0.1, -0.05) is 12.1 Å². The van der Waals surface area contributed by atoms with Gasteiger partial charge in [-0.2, -0.15) is 13.2 Å². The third kappa shape index (κ3) is 6.50. The van der Waals surface area contributed by atoms with Crippen LogP contribution in [0.3, 0.4) is 0 Å². The Morgan fingerprint density at radius 2 is 1.95 bits per heavy atom. The maximum Gasteiger partial charge on any atom is 0.405 e. The van der Waals surface area contributed by atoms with Crippen LogP contribution in [0.2, 0.25) is 0 Å². The Balaban J connectivity index is 2.75. The lowest BCUT2D eigenvalue weighted by molar-refractivity contribution is -0.123. The molecule has 0 radical (unpaired) electrons. The summed E-state index contributed by atoms with van der Waals surface area (Å²) < 4.78 is 36.2. The van der Waals surface area contributed by atoms with Crippen LogP contribution in [0.25, 0.3) is 0 Å². The van der Waals surface area contributed by atoms with E-state index in [1.165, 1.54) is 0 Å². The Morgan fingerprint density at radius 1 is 1.29 bits per heavy atom. The summed E-state index contributed by atoms with van der Waals surface area (Å²) in [4.78, 5) is 23.5. The lowest BCUT2D eigenvalue weighted by Crippen LogP contribution is -2.46. The Kier molecular flexibility index (Phi) is 5.39. The minimum atomic E-state index is -4.54. The van der Waals surface area contributed by atoms with Crippen LogP contribution in [0.15, 0.2) is 24.3 Å². The summed E-state index contributed by atoms with van der Waals surface area (Å²) in [6, 6.07) is 5.38. The number of nitrogens with two attached hydrogens (primary N) is 2. The summed E-state index contributed by atoms with van der Waals surface area (Å²) in [6.45, 7) is -2.08. The molecule has 5 N–H and O–H groups in total. The molecule has 0 aliphatic heterocycles. The van der Waals surface area contributed by atoms with E-state index in [0.29, 0.717) is 11.3 Å². The number of nitrogens with one attached hydrogen (secondary N) is 1. The van der Waals surface area contributed by atoms with E-state index in [4.69, 9.17) is 11.5 Å². The molecular weight excluding hydrogens is 289 g/mol. The van der Waals surface area contributed by atoms with Gasteiger partial charge < -0.3 is 21.7 Å². The first-order valence-corrected chi connectivity index (χ1v) is 5.89. The SMILES string of the molecule is NC(=O)CN(Cc1cccc(N)c1)C(=O)NCC(F)(F)F. The Labute approximate surface area is 118 Å². The molecule has 0 fully saturated rings. The molecule has 0 aromatic heterocycles. The normalized spacial score (nSPS) is 11.0. The molecule has 0 spiro atoms. The smallest absolute Gasteiger partial charge is 0.399 e. The molecule has 0 bridgehead atoms. The highest BCUT2D eigenvalue weighted by molar-refractivity contribution is 5.82. The predicted molar refractivity (Wildman–Crippen MR) is 69.9 cm³/mol. The number of hydrogen-bond donors (Lipinski definition) is 3. The number of nitrogens with zero attached hydrogens (tertiary/aromatic N) is 1. The third-order valence-electron chi connectivity index (χ3n) is 2.40. The summed E-state index contributed by atoms with van der Waals surface area (Å²) in [5, 5.41) is 1.69. The van der Waals surface area contributed by atoms with Crippen molar-refractivity contribution in [3.8, 4) is 0 Å². The van der Waals surface area contributed by atoms with Crippen LogP contribution in [0.5, 0.6) is 0 Å². The van der Waals surface area contributed by atoms with E-state index >= 15 is 0 Å². The summed E-state index contributed by atoms with van der Waals surface area (Å²) in [7, 11) is 0. The number of rotatable bonds is 5. The van der Waals surface area contributed by atoms with Gasteiger partial charge in [-0.05, 0) is 17.7 Å². The lowest BCUT2D eigenvalue weighted by Gasteiger charge is -2.22. The highest BCUT2D eigenvalue weighted by Gasteiger charge is 2.29. The van der Waals surface area contributed by atoms with Crippen LogP contribution >= 0.6 is 0 Å². The molecule has 0 unspecified atom stereocenters. The Morgan fingerprint density at radius 3 is 2.48 bits per heavy atom. The molecule has 1 aromatic carbocycles. The minimum Gasteiger partial charge on any atom is -0.399 e. The van der Waals surface area contributed by atoms with E-state index < -0.39 is 31.2 Å². The van der Waals surface area contributed by atoms with Crippen molar-refractivity contribution < 1.29 is 22.8 Å². The van der Waals surface area contributed by atoms with E-state index in [1.54, 1.807) is 29.6 Å². The first kappa shape index (κ1) is 16.6. The zero-order valence-corrected chi connectivity index (χ0v) is 11.0. The van der Waals surface area contributed by atoms with Crippen LogP contribution in [-0.4, -0.2) is 36.1 Å². The van der Waals surface area contributed by atoms with E-state index in [2.05, 4.69) is 0 Å². The zero-order valence-electron chi connectivity index (χ0n) is 11.0. The Hall–Kier alpha value is -2.45. The second kappa shape index (κ2) is 6.82. The topological polar surface area (TPSA) is 101 Å². The minimum absolute atomic E-state index is 0.0856. The summed E-state index contributed by atoms with van der Waals surface area (Å²) in [5.41, 5.74) is 11.6. The summed E-state index contributed by atoms with van der Waals surface area (Å²) in [6.07, 6.45) is -4.54. The van der Waals surface area contributed by atoms with Crippen molar-refractivity contribution in [2.75, 3.05) is 18.8 Å². The molecule has 1 aromatic rings. The fourth-order valence-electron chi connectivity index (χ4n) is 1.59. The fourth-order valence-corrected chi connectivity index (χ4v) is 1.59. The fraction of sp³-hybridized carbons (Fsp3) is 0.333. The number of anilines is 1. The lowest BCUT2D eigenvalue weighted by atomic mass is 10.2. The van der Waals surface area contributed by atoms with E-state index in [9.17, 15) is 22.8 Å². The average Bonchev–Trinajstić information content (AvgIpc) is 2.33. The van der Waals surface area contributed by atoms with Crippen molar-refractivity contribution in [3.05, 3.63) is 29.8 Å². The number of amides is 3. The highest BCUT2D eigenvalue weighted by Crippen LogP contribution is 2.13. The highest BCUT2D eigenvalue weighted by atomic mass is 19.4. The summed E-state index contributed by atoms with van der Waals surface area (Å²) >= 11 is 0. The number of carbonyl (C=O) groups excluding carboxylic acids is 2. The van der Waals surface area contributed by atoms with Gasteiger partial charge in [0.15, 0.2) is 0 Å². The van der Waals surface area contributed by atoms with Crippen molar-refractivity contribution >= 4 is 17.6 Å². The van der Waals surface area contributed by atoms with Gasteiger partial charge in [0.25, 0.3) is 0 Å². The van der Waals surface area contributed by atoms with Gasteiger partial charge in [-0.3, -0.25) is 4.79 Å². The second-order valence-electron chi connectivity index (χ2n) is 4.34. The second-order valence-corrected chi connectivity index (χ2v) is 4.34. The van der Waals surface area contributed by atoms with Gasteiger partial charge in [-0.15, -0.1) is 0 Å². The number of benzene rings is 1. The molecule has 9 heteroatoms. The molecule has 0 saturated carbocycles. The molecule has 0 aliphatic carbocycles. The van der Waals surface area contributed by atoms with Crippen molar-refractivity contribution in [1.29, 1.82) is 0 Å². The first-order valence-electron chi connectivity index (χ1n) is 5.89. The molecule has 3 amide bonds. The number of primary amides is 1.